The van der Waals surface area contributed by atoms with E-state index in [1.54, 1.807) is 0 Å². The highest BCUT2D eigenvalue weighted by atomic mass is 14.9. The maximum Gasteiger partial charge on any atom is 0.0449 e. The fourth-order valence-electron chi connectivity index (χ4n) is 1.14. The number of nitrogens with one attached hydrogen (secondary N) is 1. The highest BCUT2D eigenvalue weighted by molar-refractivity contribution is 5.43. The summed E-state index contributed by atoms with van der Waals surface area (Å²) in [5, 5.41) is 3.35. The van der Waals surface area contributed by atoms with E-state index in [1.807, 2.05) is 12.3 Å². The Morgan fingerprint density at radius 3 is 2.85 bits per heavy atom. The first-order valence-corrected chi connectivity index (χ1v) is 4.94. The van der Waals surface area contributed by atoms with Crippen LogP contribution in [0, 0.1) is 0 Å². The van der Waals surface area contributed by atoms with Crippen LogP contribution >= 0.6 is 0 Å². The average Bonchev–Trinajstić information content (AvgIpc) is 2.15. The van der Waals surface area contributed by atoms with Crippen molar-refractivity contribution in [2.24, 2.45) is 0 Å². The van der Waals surface area contributed by atoms with Crippen molar-refractivity contribution in [3.63, 3.8) is 0 Å². The van der Waals surface area contributed by atoms with Crippen LogP contribution in [0.15, 0.2) is 18.3 Å². The van der Waals surface area contributed by atoms with Crippen molar-refractivity contribution < 1.29 is 0 Å². The summed E-state index contributed by atoms with van der Waals surface area (Å²) in [5.41, 5.74) is 2.33. The number of nitrogens with zero attached hydrogens (tertiary/aromatic N) is 1. The van der Waals surface area contributed by atoms with E-state index < -0.39 is 0 Å². The van der Waals surface area contributed by atoms with Crippen molar-refractivity contribution in [3.05, 3.63) is 24.0 Å². The minimum atomic E-state index is 0.503. The monoisotopic (exact) mass is 178 g/mol. The van der Waals surface area contributed by atoms with Crippen molar-refractivity contribution in [1.29, 1.82) is 0 Å². The first-order chi connectivity index (χ1) is 6.24. The van der Waals surface area contributed by atoms with Crippen LogP contribution in [0.25, 0.3) is 0 Å². The lowest BCUT2D eigenvalue weighted by atomic mass is 10.1. The fourth-order valence-corrected chi connectivity index (χ4v) is 1.14. The van der Waals surface area contributed by atoms with Gasteiger partial charge in [0, 0.05) is 24.1 Å². The predicted molar refractivity (Wildman–Crippen MR) is 57.1 cm³/mol. The topological polar surface area (TPSA) is 24.9 Å². The summed E-state index contributed by atoms with van der Waals surface area (Å²) >= 11 is 0. The van der Waals surface area contributed by atoms with Gasteiger partial charge in [0.15, 0.2) is 0 Å². The molecule has 0 saturated carbocycles. The molecule has 0 aliphatic heterocycles. The standard InChI is InChI=1S/C11H18N2/c1-4-6-12-10-5-7-13-11(8-10)9(2)3/h5,7-9H,4,6H2,1-3H3,(H,12,13). The first kappa shape index (κ1) is 10.0. The second kappa shape index (κ2) is 4.85. The van der Waals surface area contributed by atoms with Crippen LogP contribution in [0.1, 0.15) is 38.8 Å². The second-order valence-electron chi connectivity index (χ2n) is 3.55. The number of aromatic nitrogens is 1. The van der Waals surface area contributed by atoms with E-state index in [0.717, 1.165) is 18.7 Å². The molecule has 0 spiro atoms. The van der Waals surface area contributed by atoms with Gasteiger partial charge in [0.25, 0.3) is 0 Å². The average molecular weight is 178 g/mol. The van der Waals surface area contributed by atoms with Gasteiger partial charge in [-0.25, -0.2) is 0 Å². The molecule has 1 rings (SSSR count). The van der Waals surface area contributed by atoms with E-state index in [-0.39, 0.29) is 0 Å². The highest BCUT2D eigenvalue weighted by Crippen LogP contribution is 2.15. The molecule has 13 heavy (non-hydrogen) atoms. The molecule has 1 aromatic rings. The lowest BCUT2D eigenvalue weighted by molar-refractivity contribution is 0.822. The molecule has 0 saturated heterocycles. The summed E-state index contributed by atoms with van der Waals surface area (Å²) in [6.45, 7) is 7.51. The molecule has 0 aliphatic rings. The molecular weight excluding hydrogens is 160 g/mol. The number of rotatable bonds is 4. The zero-order chi connectivity index (χ0) is 9.68. The molecular formula is C11H18N2. The van der Waals surface area contributed by atoms with E-state index in [1.165, 1.54) is 5.69 Å². The van der Waals surface area contributed by atoms with Crippen LogP contribution in [-0.2, 0) is 0 Å². The molecule has 0 fully saturated rings. The summed E-state index contributed by atoms with van der Waals surface area (Å²) in [6.07, 6.45) is 3.02. The Labute approximate surface area is 80.4 Å². The quantitative estimate of drug-likeness (QED) is 0.766. The van der Waals surface area contributed by atoms with Gasteiger partial charge in [-0.2, -0.15) is 0 Å². The van der Waals surface area contributed by atoms with Crippen molar-refractivity contribution in [3.8, 4) is 0 Å². The van der Waals surface area contributed by atoms with Crippen LogP contribution in [0.4, 0.5) is 5.69 Å². The smallest absolute Gasteiger partial charge is 0.0449 e. The van der Waals surface area contributed by atoms with Gasteiger partial charge in [0.1, 0.15) is 0 Å². The van der Waals surface area contributed by atoms with Gasteiger partial charge in [0.2, 0.25) is 0 Å². The molecule has 0 amide bonds. The summed E-state index contributed by atoms with van der Waals surface area (Å²) in [7, 11) is 0. The Morgan fingerprint density at radius 2 is 2.23 bits per heavy atom. The van der Waals surface area contributed by atoms with Gasteiger partial charge in [0.05, 0.1) is 0 Å². The molecule has 0 aliphatic carbocycles. The maximum atomic E-state index is 4.31. The van der Waals surface area contributed by atoms with Crippen LogP contribution in [0.2, 0.25) is 0 Å². The maximum absolute atomic E-state index is 4.31. The van der Waals surface area contributed by atoms with E-state index >= 15 is 0 Å². The summed E-state index contributed by atoms with van der Waals surface area (Å²) in [5.74, 6) is 0.503. The summed E-state index contributed by atoms with van der Waals surface area (Å²) < 4.78 is 0. The lowest BCUT2D eigenvalue weighted by Crippen LogP contribution is -2.01. The van der Waals surface area contributed by atoms with Gasteiger partial charge in [-0.3, -0.25) is 4.98 Å². The molecule has 0 atom stereocenters. The normalized spacial score (nSPS) is 10.5. The Morgan fingerprint density at radius 1 is 1.46 bits per heavy atom. The van der Waals surface area contributed by atoms with E-state index in [0.29, 0.717) is 5.92 Å². The minimum Gasteiger partial charge on any atom is -0.385 e. The van der Waals surface area contributed by atoms with Crippen LogP contribution in [0.3, 0.4) is 0 Å². The fraction of sp³-hybridized carbons (Fsp3) is 0.545. The molecule has 72 valence electrons. The van der Waals surface area contributed by atoms with E-state index in [9.17, 15) is 0 Å². The zero-order valence-corrected chi connectivity index (χ0v) is 8.67. The number of pyridine rings is 1. The highest BCUT2D eigenvalue weighted by Gasteiger charge is 2.00. The van der Waals surface area contributed by atoms with Crippen molar-refractivity contribution in [1.82, 2.24) is 4.98 Å². The number of hydrogen-bond acceptors (Lipinski definition) is 2. The number of hydrogen-bond donors (Lipinski definition) is 1. The van der Waals surface area contributed by atoms with Gasteiger partial charge < -0.3 is 5.32 Å². The zero-order valence-electron chi connectivity index (χ0n) is 8.67. The van der Waals surface area contributed by atoms with Crippen molar-refractivity contribution >= 4 is 5.69 Å². The summed E-state index contributed by atoms with van der Waals surface area (Å²) in [6, 6.07) is 4.14. The third kappa shape index (κ3) is 3.05. The Bertz CT molecular complexity index is 256. The van der Waals surface area contributed by atoms with Crippen LogP contribution in [-0.4, -0.2) is 11.5 Å². The number of anilines is 1. The van der Waals surface area contributed by atoms with Gasteiger partial charge >= 0.3 is 0 Å². The van der Waals surface area contributed by atoms with Crippen LogP contribution < -0.4 is 5.32 Å². The molecule has 2 nitrogen and oxygen atoms in total. The second-order valence-corrected chi connectivity index (χ2v) is 3.55. The molecule has 2 heteroatoms. The molecule has 1 heterocycles. The Hall–Kier alpha value is -1.05. The predicted octanol–water partition coefficient (Wildman–Crippen LogP) is 3.03. The largest absolute Gasteiger partial charge is 0.385 e. The first-order valence-electron chi connectivity index (χ1n) is 4.94. The van der Waals surface area contributed by atoms with Crippen molar-refractivity contribution in [2.75, 3.05) is 11.9 Å². The van der Waals surface area contributed by atoms with Crippen LogP contribution in [0.5, 0.6) is 0 Å². The van der Waals surface area contributed by atoms with Gasteiger partial charge in [-0.05, 0) is 24.5 Å². The molecule has 0 radical (unpaired) electrons. The minimum absolute atomic E-state index is 0.503. The van der Waals surface area contributed by atoms with Crippen molar-refractivity contribution in [2.45, 2.75) is 33.1 Å². The van der Waals surface area contributed by atoms with E-state index in [2.05, 4.69) is 37.1 Å². The molecule has 0 unspecified atom stereocenters. The van der Waals surface area contributed by atoms with E-state index in [4.69, 9.17) is 0 Å². The third-order valence-electron chi connectivity index (χ3n) is 1.95. The summed E-state index contributed by atoms with van der Waals surface area (Å²) in [4.78, 5) is 4.31. The Balaban J connectivity index is 2.68. The Kier molecular flexibility index (Phi) is 3.74. The van der Waals surface area contributed by atoms with Gasteiger partial charge in [-0.15, -0.1) is 0 Å². The molecule has 1 aromatic heterocycles. The SMILES string of the molecule is CCCNc1ccnc(C(C)C)c1. The molecule has 0 bridgehead atoms. The molecule has 1 N–H and O–H groups in total. The molecule has 0 aromatic carbocycles. The third-order valence-corrected chi connectivity index (χ3v) is 1.95. The van der Waals surface area contributed by atoms with Gasteiger partial charge in [-0.1, -0.05) is 20.8 Å². The lowest BCUT2D eigenvalue weighted by Gasteiger charge is -2.08.